The summed E-state index contributed by atoms with van der Waals surface area (Å²) in [6, 6.07) is 4.16. The molecule has 1 aliphatic rings. The molecule has 3 unspecified atom stereocenters. The van der Waals surface area contributed by atoms with Crippen LogP contribution in [-0.2, 0) is 4.74 Å². The van der Waals surface area contributed by atoms with Gasteiger partial charge < -0.3 is 9.47 Å². The van der Waals surface area contributed by atoms with Crippen LogP contribution in [0.4, 0.5) is 0 Å². The largest absolute Gasteiger partial charge is 0.493 e. The molecule has 0 spiro atoms. The van der Waals surface area contributed by atoms with E-state index >= 15 is 0 Å². The van der Waals surface area contributed by atoms with Crippen LogP contribution in [0.5, 0.6) is 5.75 Å². The summed E-state index contributed by atoms with van der Waals surface area (Å²) in [6.45, 7) is 9.25. The number of halogens is 1. The lowest BCUT2D eigenvalue weighted by molar-refractivity contribution is 0.308. The zero-order chi connectivity index (χ0) is 14.7. The van der Waals surface area contributed by atoms with E-state index < -0.39 is 0 Å². The summed E-state index contributed by atoms with van der Waals surface area (Å²) in [5, 5.41) is 0.826. The van der Waals surface area contributed by atoms with Crippen molar-refractivity contribution in [2.75, 3.05) is 6.61 Å². The molecule has 0 N–H and O–H groups in total. The van der Waals surface area contributed by atoms with Crippen LogP contribution in [0.2, 0.25) is 5.02 Å². The van der Waals surface area contributed by atoms with Crippen molar-refractivity contribution in [1.82, 2.24) is 0 Å². The van der Waals surface area contributed by atoms with Crippen molar-refractivity contribution < 1.29 is 9.47 Å². The summed E-state index contributed by atoms with van der Waals surface area (Å²) < 4.78 is 11.5. The third-order valence-electron chi connectivity index (χ3n) is 4.04. The van der Waals surface area contributed by atoms with Gasteiger partial charge in [0.15, 0.2) is 0 Å². The van der Waals surface area contributed by atoms with Crippen molar-refractivity contribution in [3.63, 3.8) is 0 Å². The fourth-order valence-corrected chi connectivity index (χ4v) is 2.77. The Bertz CT molecular complexity index is 459. The van der Waals surface area contributed by atoms with E-state index in [0.29, 0.717) is 18.1 Å². The van der Waals surface area contributed by atoms with Crippen molar-refractivity contribution in [2.45, 2.75) is 65.1 Å². The molecule has 2 rings (SSSR count). The van der Waals surface area contributed by atoms with E-state index in [-0.39, 0.29) is 0 Å². The molecule has 20 heavy (non-hydrogen) atoms. The number of hydrogen-bond donors (Lipinski definition) is 0. The molecule has 1 saturated heterocycles. The minimum Gasteiger partial charge on any atom is -0.493 e. The highest BCUT2D eigenvalue weighted by Gasteiger charge is 2.36. The minimum atomic E-state index is 0.402. The summed E-state index contributed by atoms with van der Waals surface area (Å²) in [6.07, 6.45) is 3.96. The second-order valence-corrected chi connectivity index (χ2v) is 6.12. The van der Waals surface area contributed by atoms with Crippen molar-refractivity contribution in [1.29, 1.82) is 0 Å². The maximum absolute atomic E-state index is 6.31. The molecule has 1 fully saturated rings. The third kappa shape index (κ3) is 3.67. The van der Waals surface area contributed by atoms with Crippen LogP contribution in [0.1, 0.15) is 57.1 Å². The molecule has 0 saturated carbocycles. The normalized spacial score (nSPS) is 22.6. The van der Waals surface area contributed by atoms with E-state index in [1.165, 1.54) is 5.56 Å². The molecular weight excluding hydrogens is 272 g/mol. The van der Waals surface area contributed by atoms with E-state index in [2.05, 4.69) is 32.9 Å². The maximum atomic E-state index is 6.31. The Kier molecular flexibility index (Phi) is 5.34. The minimum absolute atomic E-state index is 0.402. The number of aryl methyl sites for hydroxylation is 1. The average molecular weight is 297 g/mol. The van der Waals surface area contributed by atoms with Gasteiger partial charge in [-0.15, -0.1) is 0 Å². The van der Waals surface area contributed by atoms with Crippen LogP contribution < -0.4 is 4.74 Å². The van der Waals surface area contributed by atoms with Gasteiger partial charge in [0.05, 0.1) is 18.8 Å². The molecule has 0 amide bonds. The van der Waals surface area contributed by atoms with E-state index in [1.54, 1.807) is 0 Å². The first-order valence-corrected chi connectivity index (χ1v) is 8.02. The smallest absolute Gasteiger partial charge is 0.123 e. The van der Waals surface area contributed by atoms with Gasteiger partial charge in [-0.05, 0) is 62.3 Å². The lowest BCUT2D eigenvalue weighted by atomic mass is 9.90. The Balaban J connectivity index is 2.23. The van der Waals surface area contributed by atoms with E-state index in [1.807, 2.05) is 6.92 Å². The standard InChI is InChI=1S/C17H25ClO2/c1-5-7-19-17-8-11(3)15(18)10-14(17)13(6-2)9-16-12(4)20-16/h8,10,12-13,16H,5-7,9H2,1-4H3. The molecule has 3 heteroatoms. The lowest BCUT2D eigenvalue weighted by Crippen LogP contribution is -2.07. The van der Waals surface area contributed by atoms with Gasteiger partial charge >= 0.3 is 0 Å². The molecule has 2 nitrogen and oxygen atoms in total. The van der Waals surface area contributed by atoms with Crippen molar-refractivity contribution in [3.05, 3.63) is 28.3 Å². The van der Waals surface area contributed by atoms with Crippen LogP contribution >= 0.6 is 11.6 Å². The fraction of sp³-hybridized carbons (Fsp3) is 0.647. The van der Waals surface area contributed by atoms with Crippen LogP contribution in [0.3, 0.4) is 0 Å². The van der Waals surface area contributed by atoms with Crippen molar-refractivity contribution >= 4 is 11.6 Å². The highest BCUT2D eigenvalue weighted by atomic mass is 35.5. The molecular formula is C17H25ClO2. The molecule has 1 aromatic carbocycles. The molecule has 1 aromatic rings. The Morgan fingerprint density at radius 2 is 2.05 bits per heavy atom. The predicted molar refractivity (Wildman–Crippen MR) is 84.0 cm³/mol. The number of epoxide rings is 1. The Morgan fingerprint density at radius 3 is 2.60 bits per heavy atom. The molecule has 1 aliphatic heterocycles. The summed E-state index contributed by atoms with van der Waals surface area (Å²) in [5.74, 6) is 1.45. The van der Waals surface area contributed by atoms with Gasteiger partial charge in [-0.3, -0.25) is 0 Å². The van der Waals surface area contributed by atoms with Gasteiger partial charge in [-0.2, -0.15) is 0 Å². The quantitative estimate of drug-likeness (QED) is 0.652. The summed E-state index contributed by atoms with van der Waals surface area (Å²) >= 11 is 6.31. The monoisotopic (exact) mass is 296 g/mol. The highest BCUT2D eigenvalue weighted by Crippen LogP contribution is 2.40. The number of rotatable bonds is 7. The Labute approximate surface area is 127 Å². The summed E-state index contributed by atoms with van der Waals surface area (Å²) in [7, 11) is 0. The molecule has 0 aliphatic carbocycles. The average Bonchev–Trinajstić information content (AvgIpc) is 3.12. The van der Waals surface area contributed by atoms with Crippen LogP contribution in [0.25, 0.3) is 0 Å². The van der Waals surface area contributed by atoms with E-state index in [0.717, 1.165) is 42.2 Å². The Hall–Kier alpha value is -0.730. The zero-order valence-electron chi connectivity index (χ0n) is 12.9. The first kappa shape index (κ1) is 15.7. The molecule has 0 radical (unpaired) electrons. The zero-order valence-corrected chi connectivity index (χ0v) is 13.7. The first-order valence-electron chi connectivity index (χ1n) is 7.65. The van der Waals surface area contributed by atoms with E-state index in [4.69, 9.17) is 21.1 Å². The van der Waals surface area contributed by atoms with Gasteiger partial charge in [-0.1, -0.05) is 25.4 Å². The van der Waals surface area contributed by atoms with Gasteiger partial charge in [-0.25, -0.2) is 0 Å². The maximum Gasteiger partial charge on any atom is 0.123 e. The van der Waals surface area contributed by atoms with Gasteiger partial charge in [0.1, 0.15) is 5.75 Å². The summed E-state index contributed by atoms with van der Waals surface area (Å²) in [5.41, 5.74) is 2.31. The highest BCUT2D eigenvalue weighted by molar-refractivity contribution is 6.31. The van der Waals surface area contributed by atoms with Gasteiger partial charge in [0.25, 0.3) is 0 Å². The molecule has 112 valence electrons. The number of hydrogen-bond acceptors (Lipinski definition) is 2. The third-order valence-corrected chi connectivity index (χ3v) is 4.45. The van der Waals surface area contributed by atoms with Crippen molar-refractivity contribution in [3.8, 4) is 5.75 Å². The second-order valence-electron chi connectivity index (χ2n) is 5.71. The first-order chi connectivity index (χ1) is 9.56. The molecule has 1 heterocycles. The van der Waals surface area contributed by atoms with E-state index in [9.17, 15) is 0 Å². The second kappa shape index (κ2) is 6.82. The number of benzene rings is 1. The lowest BCUT2D eigenvalue weighted by Gasteiger charge is -2.20. The summed E-state index contributed by atoms with van der Waals surface area (Å²) in [4.78, 5) is 0. The molecule has 0 aromatic heterocycles. The van der Waals surface area contributed by atoms with Crippen molar-refractivity contribution in [2.24, 2.45) is 0 Å². The van der Waals surface area contributed by atoms with Gasteiger partial charge in [0, 0.05) is 5.02 Å². The van der Waals surface area contributed by atoms with Crippen LogP contribution in [0.15, 0.2) is 12.1 Å². The van der Waals surface area contributed by atoms with Crippen LogP contribution in [-0.4, -0.2) is 18.8 Å². The predicted octanol–water partition coefficient (Wildman–Crippen LogP) is 5.11. The van der Waals surface area contributed by atoms with Crippen LogP contribution in [0, 0.1) is 6.92 Å². The van der Waals surface area contributed by atoms with Gasteiger partial charge in [0.2, 0.25) is 0 Å². The molecule has 3 atom stereocenters. The fourth-order valence-electron chi connectivity index (χ4n) is 2.60. The SMILES string of the molecule is CCCOc1cc(C)c(Cl)cc1C(CC)CC1OC1C. The topological polar surface area (TPSA) is 21.8 Å². The molecule has 0 bridgehead atoms. The Morgan fingerprint density at radius 1 is 1.35 bits per heavy atom. The number of ether oxygens (including phenoxy) is 2.